The highest BCUT2D eigenvalue weighted by Crippen LogP contribution is 2.27. The summed E-state index contributed by atoms with van der Waals surface area (Å²) in [7, 11) is 3.07. The second-order valence-corrected chi connectivity index (χ2v) is 5.47. The van der Waals surface area contributed by atoms with Crippen LogP contribution in [0.4, 0.5) is 5.82 Å². The Hall–Kier alpha value is -3.03. The van der Waals surface area contributed by atoms with Gasteiger partial charge in [-0.15, -0.1) is 0 Å². The Morgan fingerprint density at radius 1 is 1.20 bits per heavy atom. The lowest BCUT2D eigenvalue weighted by Gasteiger charge is -2.13. The second-order valence-electron chi connectivity index (χ2n) is 5.47. The highest BCUT2D eigenvalue weighted by molar-refractivity contribution is 5.96. The molecule has 8 heteroatoms. The Kier molecular flexibility index (Phi) is 5.99. The van der Waals surface area contributed by atoms with Gasteiger partial charge in [-0.05, 0) is 31.5 Å². The number of hydrogen-bond donors (Lipinski definition) is 2. The van der Waals surface area contributed by atoms with Gasteiger partial charge in [0.15, 0.2) is 17.3 Å². The van der Waals surface area contributed by atoms with Crippen LogP contribution in [0.3, 0.4) is 0 Å². The van der Waals surface area contributed by atoms with Crippen molar-refractivity contribution in [2.45, 2.75) is 26.3 Å². The van der Waals surface area contributed by atoms with Gasteiger partial charge in [0.1, 0.15) is 11.8 Å². The van der Waals surface area contributed by atoms with Crippen molar-refractivity contribution in [2.24, 2.45) is 0 Å². The van der Waals surface area contributed by atoms with Gasteiger partial charge >= 0.3 is 0 Å². The van der Waals surface area contributed by atoms with Crippen LogP contribution >= 0.6 is 0 Å². The third-order valence-electron chi connectivity index (χ3n) is 3.46. The summed E-state index contributed by atoms with van der Waals surface area (Å²) in [6.45, 7) is 3.31. The third-order valence-corrected chi connectivity index (χ3v) is 3.46. The Morgan fingerprint density at radius 2 is 1.92 bits per heavy atom. The molecule has 0 saturated carbocycles. The molecule has 0 bridgehead atoms. The molecule has 1 atom stereocenters. The molecule has 0 saturated heterocycles. The maximum atomic E-state index is 12.1. The number of carbonyl (C=O) groups is 2. The van der Waals surface area contributed by atoms with E-state index >= 15 is 0 Å². The fraction of sp³-hybridized carbons (Fsp3) is 0.353. The molecule has 134 valence electrons. The van der Waals surface area contributed by atoms with Gasteiger partial charge in [0.25, 0.3) is 0 Å². The zero-order valence-corrected chi connectivity index (χ0v) is 14.6. The summed E-state index contributed by atoms with van der Waals surface area (Å²) in [6, 6.07) is 6.09. The molecule has 2 aromatic rings. The fourth-order valence-electron chi connectivity index (χ4n) is 2.19. The highest BCUT2D eigenvalue weighted by Gasteiger charge is 2.17. The predicted octanol–water partition coefficient (Wildman–Crippen LogP) is 1.69. The van der Waals surface area contributed by atoms with Gasteiger partial charge in [-0.3, -0.25) is 9.59 Å². The summed E-state index contributed by atoms with van der Waals surface area (Å²) >= 11 is 0. The minimum absolute atomic E-state index is 0.112. The zero-order valence-electron chi connectivity index (χ0n) is 14.6. The Morgan fingerprint density at radius 3 is 2.52 bits per heavy atom. The van der Waals surface area contributed by atoms with Crippen LogP contribution in [0.1, 0.15) is 18.2 Å². The molecule has 0 spiro atoms. The van der Waals surface area contributed by atoms with Crippen LogP contribution in [-0.4, -0.2) is 37.2 Å². The fourth-order valence-corrected chi connectivity index (χ4v) is 2.19. The highest BCUT2D eigenvalue weighted by atomic mass is 16.5. The molecule has 1 aromatic carbocycles. The predicted molar refractivity (Wildman–Crippen MR) is 90.7 cm³/mol. The molecule has 2 amide bonds. The van der Waals surface area contributed by atoms with E-state index in [-0.39, 0.29) is 18.2 Å². The summed E-state index contributed by atoms with van der Waals surface area (Å²) in [5, 5.41) is 8.88. The monoisotopic (exact) mass is 347 g/mol. The second kappa shape index (κ2) is 8.18. The molecular weight excluding hydrogens is 326 g/mol. The minimum atomic E-state index is -0.718. The summed E-state index contributed by atoms with van der Waals surface area (Å²) in [6.07, 6.45) is 0.112. The van der Waals surface area contributed by atoms with Gasteiger partial charge in [-0.2, -0.15) is 0 Å². The number of amides is 2. The zero-order chi connectivity index (χ0) is 18.4. The smallest absolute Gasteiger partial charge is 0.247 e. The van der Waals surface area contributed by atoms with Crippen molar-refractivity contribution in [3.05, 3.63) is 35.6 Å². The molecule has 8 nitrogen and oxygen atoms in total. The Bertz CT molecular complexity index is 756. The topological polar surface area (TPSA) is 103 Å². The Balaban J connectivity index is 1.91. The molecule has 1 heterocycles. The first kappa shape index (κ1) is 18.3. The van der Waals surface area contributed by atoms with Crippen LogP contribution in [0.25, 0.3) is 0 Å². The van der Waals surface area contributed by atoms with Crippen molar-refractivity contribution in [3.8, 4) is 11.5 Å². The minimum Gasteiger partial charge on any atom is -0.493 e. The van der Waals surface area contributed by atoms with Crippen molar-refractivity contribution in [3.63, 3.8) is 0 Å². The average Bonchev–Trinajstić information content (AvgIpc) is 2.99. The van der Waals surface area contributed by atoms with Crippen LogP contribution < -0.4 is 20.1 Å². The summed E-state index contributed by atoms with van der Waals surface area (Å²) < 4.78 is 15.2. The van der Waals surface area contributed by atoms with Gasteiger partial charge in [-0.25, -0.2) is 0 Å². The van der Waals surface area contributed by atoms with Crippen LogP contribution in [0.2, 0.25) is 0 Å². The molecule has 2 N–H and O–H groups in total. The molecule has 25 heavy (non-hydrogen) atoms. The van der Waals surface area contributed by atoms with E-state index in [0.717, 1.165) is 5.56 Å². The maximum Gasteiger partial charge on any atom is 0.247 e. The molecule has 0 radical (unpaired) electrons. The van der Waals surface area contributed by atoms with E-state index in [4.69, 9.17) is 14.0 Å². The largest absolute Gasteiger partial charge is 0.493 e. The van der Waals surface area contributed by atoms with Gasteiger partial charge in [0, 0.05) is 6.07 Å². The number of ether oxygens (including phenoxy) is 2. The van der Waals surface area contributed by atoms with E-state index in [1.54, 1.807) is 45.2 Å². The van der Waals surface area contributed by atoms with E-state index in [1.807, 2.05) is 0 Å². The van der Waals surface area contributed by atoms with E-state index in [2.05, 4.69) is 15.8 Å². The van der Waals surface area contributed by atoms with Gasteiger partial charge in [-0.1, -0.05) is 11.2 Å². The lowest BCUT2D eigenvalue weighted by molar-refractivity contribution is -0.125. The molecule has 0 unspecified atom stereocenters. The Labute approximate surface area is 145 Å². The lowest BCUT2D eigenvalue weighted by atomic mass is 10.1. The molecule has 0 fully saturated rings. The van der Waals surface area contributed by atoms with Gasteiger partial charge in [0.05, 0.1) is 20.6 Å². The number of methoxy groups -OCH3 is 2. The number of hydrogen-bond acceptors (Lipinski definition) is 6. The molecule has 1 aromatic heterocycles. The third kappa shape index (κ3) is 4.97. The first-order valence-corrected chi connectivity index (χ1v) is 7.67. The normalized spacial score (nSPS) is 11.5. The van der Waals surface area contributed by atoms with Crippen LogP contribution in [0.5, 0.6) is 11.5 Å². The molecule has 0 aliphatic carbocycles. The standard InChI is InChI=1S/C17H21N3O5/c1-10-7-15(20-25-10)19-17(22)11(2)18-16(21)9-12-5-6-13(23-3)14(8-12)24-4/h5-8,11H,9H2,1-4H3,(H,18,21)(H,19,20,22)/t11-/m0/s1. The number of carbonyl (C=O) groups excluding carboxylic acids is 2. The number of aryl methyl sites for hydroxylation is 1. The SMILES string of the molecule is COc1ccc(CC(=O)N[C@@H](C)C(=O)Nc2cc(C)on2)cc1OC. The maximum absolute atomic E-state index is 12.1. The number of aromatic nitrogens is 1. The van der Waals surface area contributed by atoms with Crippen LogP contribution in [0, 0.1) is 6.92 Å². The van der Waals surface area contributed by atoms with Crippen molar-refractivity contribution in [2.75, 3.05) is 19.5 Å². The van der Waals surface area contributed by atoms with E-state index < -0.39 is 6.04 Å². The lowest BCUT2D eigenvalue weighted by Crippen LogP contribution is -2.42. The molecule has 2 rings (SSSR count). The quantitative estimate of drug-likeness (QED) is 0.790. The van der Waals surface area contributed by atoms with Crippen LogP contribution in [0.15, 0.2) is 28.8 Å². The number of anilines is 1. The number of nitrogens with one attached hydrogen (secondary N) is 2. The first-order valence-electron chi connectivity index (χ1n) is 7.67. The molecule has 0 aliphatic heterocycles. The van der Waals surface area contributed by atoms with Crippen molar-refractivity contribution in [1.29, 1.82) is 0 Å². The summed E-state index contributed by atoms with van der Waals surface area (Å²) in [4.78, 5) is 24.2. The van der Waals surface area contributed by atoms with E-state index in [1.165, 1.54) is 7.11 Å². The van der Waals surface area contributed by atoms with E-state index in [9.17, 15) is 9.59 Å². The average molecular weight is 347 g/mol. The number of rotatable bonds is 7. The first-order chi connectivity index (χ1) is 11.9. The molecular formula is C17H21N3O5. The van der Waals surface area contributed by atoms with Gasteiger partial charge in [0.2, 0.25) is 11.8 Å². The number of benzene rings is 1. The van der Waals surface area contributed by atoms with Crippen LogP contribution in [-0.2, 0) is 16.0 Å². The molecule has 0 aliphatic rings. The van der Waals surface area contributed by atoms with Crippen molar-refractivity contribution >= 4 is 17.6 Å². The van der Waals surface area contributed by atoms with Gasteiger partial charge < -0.3 is 24.6 Å². The number of nitrogens with zero attached hydrogens (tertiary/aromatic N) is 1. The summed E-state index contributed by atoms with van der Waals surface area (Å²) in [5.41, 5.74) is 0.745. The van der Waals surface area contributed by atoms with Crippen molar-refractivity contribution < 1.29 is 23.6 Å². The van der Waals surface area contributed by atoms with Crippen molar-refractivity contribution in [1.82, 2.24) is 10.5 Å². The summed E-state index contributed by atoms with van der Waals surface area (Å²) in [5.74, 6) is 1.35. The van der Waals surface area contributed by atoms with E-state index in [0.29, 0.717) is 23.1 Å².